The second-order valence-corrected chi connectivity index (χ2v) is 6.39. The van der Waals surface area contributed by atoms with E-state index < -0.39 is 0 Å². The van der Waals surface area contributed by atoms with Crippen molar-refractivity contribution in [1.82, 2.24) is 9.97 Å². The number of nitrogens with one attached hydrogen (secondary N) is 1. The Kier molecular flexibility index (Phi) is 4.39. The molecule has 112 valence electrons. The Bertz CT molecular complexity index is 578. The molecule has 0 atom stereocenters. The normalized spacial score (nSPS) is 14.2. The van der Waals surface area contributed by atoms with E-state index in [-0.39, 0.29) is 0 Å². The number of rotatable bonds is 7. The Labute approximate surface area is 130 Å². The van der Waals surface area contributed by atoms with Crippen LogP contribution in [0.4, 0.5) is 11.8 Å². The summed E-state index contributed by atoms with van der Waals surface area (Å²) in [6.07, 6.45) is 3.61. The zero-order valence-electron chi connectivity index (χ0n) is 12.7. The lowest BCUT2D eigenvalue weighted by Gasteiger charge is -2.24. The fraction of sp³-hybridized carbons (Fsp3) is 0.500. The van der Waals surface area contributed by atoms with Crippen LogP contribution in [0.3, 0.4) is 0 Å². The highest BCUT2D eigenvalue weighted by Gasteiger charge is 2.30. The maximum atomic E-state index is 4.72. The predicted octanol–water partition coefficient (Wildman–Crippen LogP) is 3.84. The third kappa shape index (κ3) is 3.73. The van der Waals surface area contributed by atoms with Gasteiger partial charge in [-0.05, 0) is 48.6 Å². The Balaban J connectivity index is 1.82. The van der Waals surface area contributed by atoms with E-state index in [2.05, 4.69) is 45.0 Å². The summed E-state index contributed by atoms with van der Waals surface area (Å²) >= 11 is 1.75. The first-order valence-electron chi connectivity index (χ1n) is 7.63. The number of hydrogen-bond donors (Lipinski definition) is 1. The van der Waals surface area contributed by atoms with E-state index in [4.69, 9.17) is 4.98 Å². The van der Waals surface area contributed by atoms with Crippen molar-refractivity contribution in [2.75, 3.05) is 16.8 Å². The molecule has 0 unspecified atom stereocenters. The summed E-state index contributed by atoms with van der Waals surface area (Å²) in [5, 5.41) is 7.66. The van der Waals surface area contributed by atoms with Crippen molar-refractivity contribution in [3.63, 3.8) is 0 Å². The molecule has 0 saturated heterocycles. The summed E-state index contributed by atoms with van der Waals surface area (Å²) in [7, 11) is 0. The number of nitrogens with zero attached hydrogens (tertiary/aromatic N) is 3. The Hall–Kier alpha value is -1.62. The molecular formula is C16H22N4S. The molecule has 4 nitrogen and oxygen atoms in total. The highest BCUT2D eigenvalue weighted by Crippen LogP contribution is 2.33. The minimum absolute atomic E-state index is 0.637. The van der Waals surface area contributed by atoms with E-state index in [9.17, 15) is 0 Å². The molecule has 1 aliphatic rings. The van der Waals surface area contributed by atoms with Crippen LogP contribution >= 0.6 is 11.3 Å². The number of aromatic nitrogens is 2. The molecule has 1 saturated carbocycles. The molecule has 21 heavy (non-hydrogen) atoms. The van der Waals surface area contributed by atoms with Crippen molar-refractivity contribution < 1.29 is 0 Å². The smallest absolute Gasteiger partial charge is 0.224 e. The van der Waals surface area contributed by atoms with Gasteiger partial charge in [-0.3, -0.25) is 0 Å². The minimum atomic E-state index is 0.637. The van der Waals surface area contributed by atoms with Crippen molar-refractivity contribution in [3.8, 4) is 0 Å². The van der Waals surface area contributed by atoms with Crippen LogP contribution in [0, 0.1) is 6.92 Å². The molecule has 0 bridgehead atoms. The molecule has 0 amide bonds. The first-order chi connectivity index (χ1) is 10.3. The Morgan fingerprint density at radius 2 is 2.24 bits per heavy atom. The van der Waals surface area contributed by atoms with Gasteiger partial charge in [0.05, 0.1) is 0 Å². The van der Waals surface area contributed by atoms with Crippen molar-refractivity contribution in [2.24, 2.45) is 0 Å². The zero-order chi connectivity index (χ0) is 14.7. The lowest BCUT2D eigenvalue weighted by Crippen LogP contribution is -2.26. The summed E-state index contributed by atoms with van der Waals surface area (Å²) in [6.45, 7) is 6.05. The fourth-order valence-electron chi connectivity index (χ4n) is 2.38. The summed E-state index contributed by atoms with van der Waals surface area (Å²) in [5.41, 5.74) is 2.39. The summed E-state index contributed by atoms with van der Waals surface area (Å²) in [6, 6.07) is 4.94. The molecule has 2 aromatic rings. The van der Waals surface area contributed by atoms with Crippen molar-refractivity contribution >= 4 is 23.1 Å². The molecule has 1 N–H and O–H groups in total. The lowest BCUT2D eigenvalue weighted by molar-refractivity contribution is 0.775. The predicted molar refractivity (Wildman–Crippen MR) is 89.1 cm³/mol. The van der Waals surface area contributed by atoms with Crippen LogP contribution in [0.1, 0.15) is 37.4 Å². The maximum Gasteiger partial charge on any atom is 0.224 e. The van der Waals surface area contributed by atoms with Gasteiger partial charge in [0.15, 0.2) is 0 Å². The first kappa shape index (κ1) is 14.3. The van der Waals surface area contributed by atoms with E-state index in [1.54, 1.807) is 11.3 Å². The standard InChI is InChI=1S/C16H22N4S/c1-3-7-17-16-18-12(2)9-15(19-16)20(14-4-5-14)10-13-6-8-21-11-13/h6,8-9,11,14H,3-5,7,10H2,1-2H3,(H,17,18,19). The molecule has 5 heteroatoms. The van der Waals surface area contributed by atoms with Gasteiger partial charge in [0.2, 0.25) is 5.95 Å². The quantitative estimate of drug-likeness (QED) is 0.844. The van der Waals surface area contributed by atoms with Crippen LogP contribution in [0.25, 0.3) is 0 Å². The third-order valence-electron chi connectivity index (χ3n) is 3.59. The van der Waals surface area contributed by atoms with Gasteiger partial charge in [-0.1, -0.05) is 6.92 Å². The van der Waals surface area contributed by atoms with Crippen LogP contribution in [-0.2, 0) is 6.54 Å². The second-order valence-electron chi connectivity index (χ2n) is 5.61. The molecule has 0 radical (unpaired) electrons. The highest BCUT2D eigenvalue weighted by molar-refractivity contribution is 7.07. The second kappa shape index (κ2) is 6.43. The summed E-state index contributed by atoms with van der Waals surface area (Å²) in [5.74, 6) is 1.80. The molecule has 0 aliphatic heterocycles. The largest absolute Gasteiger partial charge is 0.354 e. The maximum absolute atomic E-state index is 4.72. The van der Waals surface area contributed by atoms with Gasteiger partial charge in [-0.25, -0.2) is 4.98 Å². The molecule has 2 aromatic heterocycles. The zero-order valence-corrected chi connectivity index (χ0v) is 13.5. The van der Waals surface area contributed by atoms with Gasteiger partial charge in [0.1, 0.15) is 5.82 Å². The van der Waals surface area contributed by atoms with E-state index in [0.717, 1.165) is 37.0 Å². The average molecular weight is 302 g/mol. The van der Waals surface area contributed by atoms with Crippen molar-refractivity contribution in [1.29, 1.82) is 0 Å². The number of hydrogen-bond acceptors (Lipinski definition) is 5. The third-order valence-corrected chi connectivity index (χ3v) is 4.32. The summed E-state index contributed by atoms with van der Waals surface area (Å²) in [4.78, 5) is 11.6. The Morgan fingerprint density at radius 3 is 2.90 bits per heavy atom. The average Bonchev–Trinajstić information content (AvgIpc) is 3.18. The van der Waals surface area contributed by atoms with E-state index >= 15 is 0 Å². The van der Waals surface area contributed by atoms with Gasteiger partial charge in [0, 0.05) is 30.9 Å². The Morgan fingerprint density at radius 1 is 1.38 bits per heavy atom. The summed E-state index contributed by atoms with van der Waals surface area (Å²) < 4.78 is 0. The highest BCUT2D eigenvalue weighted by atomic mass is 32.1. The van der Waals surface area contributed by atoms with Gasteiger partial charge in [0.25, 0.3) is 0 Å². The van der Waals surface area contributed by atoms with Gasteiger partial charge < -0.3 is 10.2 Å². The lowest BCUT2D eigenvalue weighted by atomic mass is 10.3. The van der Waals surface area contributed by atoms with Crippen molar-refractivity contribution in [3.05, 3.63) is 34.2 Å². The molecule has 1 fully saturated rings. The van der Waals surface area contributed by atoms with Crippen LogP contribution in [0.2, 0.25) is 0 Å². The fourth-order valence-corrected chi connectivity index (χ4v) is 3.04. The monoisotopic (exact) mass is 302 g/mol. The molecular weight excluding hydrogens is 280 g/mol. The molecule has 0 spiro atoms. The number of thiophene rings is 1. The number of aryl methyl sites for hydroxylation is 1. The van der Waals surface area contributed by atoms with Gasteiger partial charge >= 0.3 is 0 Å². The van der Waals surface area contributed by atoms with Crippen molar-refractivity contribution in [2.45, 2.75) is 45.7 Å². The van der Waals surface area contributed by atoms with Crippen LogP contribution in [-0.4, -0.2) is 22.6 Å². The number of anilines is 2. The van der Waals surface area contributed by atoms with Crippen LogP contribution in [0.15, 0.2) is 22.9 Å². The molecule has 0 aromatic carbocycles. The SMILES string of the molecule is CCCNc1nc(C)cc(N(Cc2ccsc2)C2CC2)n1. The molecule has 1 aliphatic carbocycles. The van der Waals surface area contributed by atoms with E-state index in [1.807, 2.05) is 6.92 Å². The van der Waals surface area contributed by atoms with Gasteiger partial charge in [-0.2, -0.15) is 16.3 Å². The first-order valence-corrected chi connectivity index (χ1v) is 8.58. The molecule has 2 heterocycles. The topological polar surface area (TPSA) is 41.1 Å². The van der Waals surface area contributed by atoms with E-state index in [0.29, 0.717) is 6.04 Å². The van der Waals surface area contributed by atoms with Crippen LogP contribution < -0.4 is 10.2 Å². The van der Waals surface area contributed by atoms with Gasteiger partial charge in [-0.15, -0.1) is 0 Å². The molecule has 3 rings (SSSR count). The van der Waals surface area contributed by atoms with Crippen LogP contribution in [0.5, 0.6) is 0 Å². The van der Waals surface area contributed by atoms with E-state index in [1.165, 1.54) is 18.4 Å². The minimum Gasteiger partial charge on any atom is -0.354 e.